The molecule has 1 aliphatic rings. The average molecular weight is 269 g/mol. The van der Waals surface area contributed by atoms with E-state index in [1.807, 2.05) is 6.07 Å². The number of hydrogen-bond acceptors (Lipinski definition) is 3. The molecule has 3 N–H and O–H groups in total. The zero-order chi connectivity index (χ0) is 13.2. The number of rotatable bonds is 3. The fourth-order valence-electron chi connectivity index (χ4n) is 2.28. The standard InChI is InChI=1S/C13H16FNO2S/c14-9-3-1-4-10(7-9)18-11-5-2-6-13(15,8-11)12(16)17/h1,3-4,7,11H,2,5-6,8,15H2,(H,16,17). The predicted octanol–water partition coefficient (Wildman–Crippen LogP) is 2.64. The molecule has 1 aliphatic carbocycles. The van der Waals surface area contributed by atoms with Gasteiger partial charge in [-0.25, -0.2) is 4.39 Å². The monoisotopic (exact) mass is 269 g/mol. The predicted molar refractivity (Wildman–Crippen MR) is 69.1 cm³/mol. The molecule has 0 aliphatic heterocycles. The third kappa shape index (κ3) is 3.03. The number of benzene rings is 1. The Morgan fingerprint density at radius 1 is 1.56 bits per heavy atom. The number of carbonyl (C=O) groups is 1. The van der Waals surface area contributed by atoms with Crippen molar-refractivity contribution >= 4 is 17.7 Å². The molecule has 0 radical (unpaired) electrons. The Bertz CT molecular complexity index is 454. The zero-order valence-corrected chi connectivity index (χ0v) is 10.8. The van der Waals surface area contributed by atoms with E-state index < -0.39 is 11.5 Å². The third-order valence-electron chi connectivity index (χ3n) is 3.27. The molecule has 98 valence electrons. The normalized spacial score (nSPS) is 28.0. The number of halogens is 1. The Labute approximate surface area is 110 Å². The van der Waals surface area contributed by atoms with Gasteiger partial charge in [-0.05, 0) is 43.9 Å². The van der Waals surface area contributed by atoms with Crippen LogP contribution >= 0.6 is 11.8 Å². The molecule has 0 amide bonds. The molecule has 5 heteroatoms. The van der Waals surface area contributed by atoms with Crippen LogP contribution in [-0.4, -0.2) is 21.9 Å². The van der Waals surface area contributed by atoms with Gasteiger partial charge < -0.3 is 10.8 Å². The minimum atomic E-state index is -1.12. The van der Waals surface area contributed by atoms with Crippen LogP contribution in [0.5, 0.6) is 0 Å². The Morgan fingerprint density at radius 2 is 2.33 bits per heavy atom. The summed E-state index contributed by atoms with van der Waals surface area (Å²) in [7, 11) is 0. The highest BCUT2D eigenvalue weighted by molar-refractivity contribution is 8.00. The SMILES string of the molecule is NC1(C(=O)O)CCCC(Sc2cccc(F)c2)C1. The molecule has 0 bridgehead atoms. The quantitative estimate of drug-likeness (QED) is 0.885. The van der Waals surface area contributed by atoms with Crippen molar-refractivity contribution < 1.29 is 14.3 Å². The number of carboxylic acids is 1. The molecule has 0 saturated heterocycles. The second-order valence-corrected chi connectivity index (χ2v) is 6.13. The Kier molecular flexibility index (Phi) is 3.92. The Hall–Kier alpha value is -1.07. The summed E-state index contributed by atoms with van der Waals surface area (Å²) in [5.41, 5.74) is 4.77. The number of aliphatic carboxylic acids is 1. The number of carboxylic acid groups (broad SMARTS) is 1. The van der Waals surface area contributed by atoms with Gasteiger partial charge in [0.15, 0.2) is 0 Å². The van der Waals surface area contributed by atoms with Crippen LogP contribution in [-0.2, 0) is 4.79 Å². The molecule has 0 spiro atoms. The fourth-order valence-corrected chi connectivity index (χ4v) is 3.67. The van der Waals surface area contributed by atoms with E-state index in [1.165, 1.54) is 23.9 Å². The molecule has 2 unspecified atom stereocenters. The molecule has 3 nitrogen and oxygen atoms in total. The molecule has 1 saturated carbocycles. The van der Waals surface area contributed by atoms with Gasteiger partial charge in [0.25, 0.3) is 0 Å². The topological polar surface area (TPSA) is 63.3 Å². The maximum Gasteiger partial charge on any atom is 0.323 e. The van der Waals surface area contributed by atoms with Crippen LogP contribution in [0.1, 0.15) is 25.7 Å². The summed E-state index contributed by atoms with van der Waals surface area (Å²) in [6.07, 6.45) is 2.68. The average Bonchev–Trinajstić information content (AvgIpc) is 2.29. The van der Waals surface area contributed by atoms with Crippen LogP contribution in [0.25, 0.3) is 0 Å². The van der Waals surface area contributed by atoms with Gasteiger partial charge in [0.1, 0.15) is 11.4 Å². The van der Waals surface area contributed by atoms with Crippen molar-refractivity contribution in [1.82, 2.24) is 0 Å². The molecule has 1 fully saturated rings. The lowest BCUT2D eigenvalue weighted by Crippen LogP contribution is -2.51. The molecule has 0 heterocycles. The molecule has 1 aromatic rings. The summed E-state index contributed by atoms with van der Waals surface area (Å²) in [5, 5.41) is 9.27. The number of nitrogens with two attached hydrogens (primary N) is 1. The van der Waals surface area contributed by atoms with E-state index in [1.54, 1.807) is 6.07 Å². The van der Waals surface area contributed by atoms with Gasteiger partial charge in [0, 0.05) is 10.1 Å². The minimum Gasteiger partial charge on any atom is -0.480 e. The lowest BCUT2D eigenvalue weighted by Gasteiger charge is -2.34. The second-order valence-electron chi connectivity index (χ2n) is 4.75. The zero-order valence-electron chi connectivity index (χ0n) is 9.93. The Balaban J connectivity index is 2.04. The van der Waals surface area contributed by atoms with Crippen LogP contribution in [0.2, 0.25) is 0 Å². The van der Waals surface area contributed by atoms with Crippen molar-refractivity contribution in [2.75, 3.05) is 0 Å². The molecular weight excluding hydrogens is 253 g/mol. The van der Waals surface area contributed by atoms with E-state index in [-0.39, 0.29) is 11.1 Å². The van der Waals surface area contributed by atoms with E-state index in [0.29, 0.717) is 12.8 Å². The van der Waals surface area contributed by atoms with Gasteiger partial charge in [-0.3, -0.25) is 4.79 Å². The number of thioether (sulfide) groups is 1. The van der Waals surface area contributed by atoms with Crippen LogP contribution in [0, 0.1) is 5.82 Å². The van der Waals surface area contributed by atoms with Crippen LogP contribution in [0.4, 0.5) is 4.39 Å². The van der Waals surface area contributed by atoms with Gasteiger partial charge in [-0.2, -0.15) is 0 Å². The first kappa shape index (κ1) is 13.4. The lowest BCUT2D eigenvalue weighted by molar-refractivity contribution is -0.144. The summed E-state index contributed by atoms with van der Waals surface area (Å²) >= 11 is 1.52. The summed E-state index contributed by atoms with van der Waals surface area (Å²) in [6, 6.07) is 6.36. The van der Waals surface area contributed by atoms with E-state index in [0.717, 1.165) is 17.7 Å². The van der Waals surface area contributed by atoms with Crippen LogP contribution in [0.3, 0.4) is 0 Å². The van der Waals surface area contributed by atoms with Gasteiger partial charge >= 0.3 is 5.97 Å². The summed E-state index contributed by atoms with van der Waals surface area (Å²) < 4.78 is 13.1. The maximum atomic E-state index is 13.1. The van der Waals surface area contributed by atoms with Crippen molar-refractivity contribution in [3.05, 3.63) is 30.1 Å². The number of hydrogen-bond donors (Lipinski definition) is 2. The van der Waals surface area contributed by atoms with Crippen LogP contribution in [0.15, 0.2) is 29.2 Å². The van der Waals surface area contributed by atoms with E-state index >= 15 is 0 Å². The summed E-state index contributed by atoms with van der Waals surface area (Å²) in [5.74, 6) is -1.21. The molecule has 0 aromatic heterocycles. The van der Waals surface area contributed by atoms with Gasteiger partial charge in [0.05, 0.1) is 0 Å². The van der Waals surface area contributed by atoms with E-state index in [9.17, 15) is 9.18 Å². The molecule has 1 aromatic carbocycles. The third-order valence-corrected chi connectivity index (χ3v) is 4.53. The summed E-state index contributed by atoms with van der Waals surface area (Å²) in [4.78, 5) is 12.0. The highest BCUT2D eigenvalue weighted by atomic mass is 32.2. The molecule has 2 rings (SSSR count). The van der Waals surface area contributed by atoms with Gasteiger partial charge in [0.2, 0.25) is 0 Å². The minimum absolute atomic E-state index is 0.140. The first-order chi connectivity index (χ1) is 8.49. The Morgan fingerprint density at radius 3 is 3.00 bits per heavy atom. The first-order valence-corrected chi connectivity index (χ1v) is 6.82. The van der Waals surface area contributed by atoms with E-state index in [4.69, 9.17) is 10.8 Å². The van der Waals surface area contributed by atoms with Crippen molar-refractivity contribution in [3.63, 3.8) is 0 Å². The molecule has 18 heavy (non-hydrogen) atoms. The van der Waals surface area contributed by atoms with Crippen molar-refractivity contribution in [2.24, 2.45) is 5.73 Å². The maximum absolute atomic E-state index is 13.1. The van der Waals surface area contributed by atoms with Crippen molar-refractivity contribution in [2.45, 2.75) is 41.4 Å². The largest absolute Gasteiger partial charge is 0.480 e. The smallest absolute Gasteiger partial charge is 0.323 e. The highest BCUT2D eigenvalue weighted by Crippen LogP contribution is 2.37. The van der Waals surface area contributed by atoms with E-state index in [2.05, 4.69) is 0 Å². The summed E-state index contributed by atoms with van der Waals surface area (Å²) in [6.45, 7) is 0. The van der Waals surface area contributed by atoms with Gasteiger partial charge in [-0.15, -0.1) is 11.8 Å². The molecule has 2 atom stereocenters. The fraction of sp³-hybridized carbons (Fsp3) is 0.462. The lowest BCUT2D eigenvalue weighted by atomic mass is 9.82. The van der Waals surface area contributed by atoms with Crippen molar-refractivity contribution in [1.29, 1.82) is 0 Å². The van der Waals surface area contributed by atoms with Crippen molar-refractivity contribution in [3.8, 4) is 0 Å². The highest BCUT2D eigenvalue weighted by Gasteiger charge is 2.39. The van der Waals surface area contributed by atoms with Crippen LogP contribution < -0.4 is 5.73 Å². The molecular formula is C13H16FNO2S. The van der Waals surface area contributed by atoms with Gasteiger partial charge in [-0.1, -0.05) is 6.07 Å². The first-order valence-electron chi connectivity index (χ1n) is 5.94. The second kappa shape index (κ2) is 5.28.